The Morgan fingerprint density at radius 2 is 1.29 bits per heavy atom. The molecule has 1 atom stereocenters. The molecule has 0 bridgehead atoms. The number of nitriles is 1. The highest BCUT2D eigenvalue weighted by Gasteiger charge is 2.32. The van der Waals surface area contributed by atoms with E-state index in [1.165, 1.54) is 4.90 Å². The van der Waals surface area contributed by atoms with Crippen molar-refractivity contribution in [1.82, 2.24) is 4.90 Å². The summed E-state index contributed by atoms with van der Waals surface area (Å²) < 4.78 is 0. The monoisotopic (exact) mass is 366 g/mol. The van der Waals surface area contributed by atoms with Crippen LogP contribution in [0.2, 0.25) is 0 Å². The molecule has 3 nitrogen and oxygen atoms in total. The lowest BCUT2D eigenvalue weighted by atomic mass is 9.89. The molecule has 28 heavy (non-hydrogen) atoms. The normalized spacial score (nSPS) is 11.4. The van der Waals surface area contributed by atoms with Crippen molar-refractivity contribution in [3.8, 4) is 6.19 Å². The maximum atomic E-state index is 13.6. The van der Waals surface area contributed by atoms with Gasteiger partial charge in [-0.2, -0.15) is 5.26 Å². The van der Waals surface area contributed by atoms with Gasteiger partial charge in [0.2, 0.25) is 5.91 Å². The number of amides is 1. The van der Waals surface area contributed by atoms with E-state index in [9.17, 15) is 10.1 Å². The molecule has 0 saturated carbocycles. The molecule has 0 radical (unpaired) electrons. The Hall–Kier alpha value is -3.64. The number of hydrogen-bond acceptors (Lipinski definition) is 2. The molecule has 0 N–H and O–H groups in total. The van der Waals surface area contributed by atoms with E-state index < -0.39 is 5.92 Å². The van der Waals surface area contributed by atoms with Gasteiger partial charge in [-0.25, -0.2) is 4.90 Å². The van der Waals surface area contributed by atoms with E-state index in [2.05, 4.69) is 12.8 Å². The molecular weight excluding hydrogens is 344 g/mol. The predicted molar refractivity (Wildman–Crippen MR) is 111 cm³/mol. The van der Waals surface area contributed by atoms with Crippen LogP contribution >= 0.6 is 0 Å². The fourth-order valence-corrected chi connectivity index (χ4v) is 3.40. The van der Waals surface area contributed by atoms with Crippen LogP contribution in [0, 0.1) is 11.5 Å². The number of carbonyl (C=O) groups is 1. The summed E-state index contributed by atoms with van der Waals surface area (Å²) in [6, 6.07) is 28.4. The first-order valence-electron chi connectivity index (χ1n) is 9.24. The molecule has 0 heterocycles. The minimum atomic E-state index is -0.543. The zero-order valence-corrected chi connectivity index (χ0v) is 15.6. The van der Waals surface area contributed by atoms with Crippen molar-refractivity contribution in [1.29, 1.82) is 5.26 Å². The van der Waals surface area contributed by atoms with Gasteiger partial charge in [0.25, 0.3) is 0 Å². The molecule has 0 aliphatic carbocycles. The van der Waals surface area contributed by atoms with E-state index in [0.717, 1.165) is 16.7 Å². The third-order valence-corrected chi connectivity index (χ3v) is 4.74. The predicted octanol–water partition coefficient (Wildman–Crippen LogP) is 5.45. The van der Waals surface area contributed by atoms with Gasteiger partial charge in [0.15, 0.2) is 6.19 Å². The van der Waals surface area contributed by atoms with Crippen molar-refractivity contribution in [3.63, 3.8) is 0 Å². The van der Waals surface area contributed by atoms with Crippen molar-refractivity contribution in [2.24, 2.45) is 0 Å². The fourth-order valence-electron chi connectivity index (χ4n) is 3.40. The Bertz CT molecular complexity index is 907. The van der Waals surface area contributed by atoms with Gasteiger partial charge in [-0.3, -0.25) is 4.79 Å². The van der Waals surface area contributed by atoms with Crippen molar-refractivity contribution in [2.45, 2.75) is 18.4 Å². The summed E-state index contributed by atoms with van der Waals surface area (Å²) in [4.78, 5) is 14.9. The van der Waals surface area contributed by atoms with E-state index in [1.807, 2.05) is 91.0 Å². The van der Waals surface area contributed by atoms with Crippen LogP contribution in [0.25, 0.3) is 0 Å². The number of carbonyl (C=O) groups excluding carboxylic acids is 1. The summed E-state index contributed by atoms with van der Waals surface area (Å²) in [6.07, 6.45) is 4.39. The highest BCUT2D eigenvalue weighted by molar-refractivity contribution is 5.88. The Labute approximate surface area is 166 Å². The molecule has 0 aromatic heterocycles. The fraction of sp³-hybridized carbons (Fsp3) is 0.120. The van der Waals surface area contributed by atoms with Gasteiger partial charge in [-0.1, -0.05) is 97.1 Å². The lowest BCUT2D eigenvalue weighted by Crippen LogP contribution is -2.35. The molecule has 0 saturated heterocycles. The van der Waals surface area contributed by atoms with Crippen LogP contribution in [0.15, 0.2) is 104 Å². The Morgan fingerprint density at radius 3 is 1.68 bits per heavy atom. The van der Waals surface area contributed by atoms with Crippen LogP contribution < -0.4 is 0 Å². The van der Waals surface area contributed by atoms with Crippen molar-refractivity contribution < 1.29 is 4.79 Å². The smallest absolute Gasteiger partial charge is 0.248 e. The number of rotatable bonds is 7. The molecule has 138 valence electrons. The third kappa shape index (κ3) is 4.19. The highest BCUT2D eigenvalue weighted by Crippen LogP contribution is 2.32. The average Bonchev–Trinajstić information content (AvgIpc) is 2.76. The minimum absolute atomic E-state index is 0.240. The highest BCUT2D eigenvalue weighted by atomic mass is 16.2. The molecule has 0 fully saturated rings. The van der Waals surface area contributed by atoms with Crippen molar-refractivity contribution in [2.75, 3.05) is 0 Å². The second kappa shape index (κ2) is 9.34. The van der Waals surface area contributed by atoms with Crippen LogP contribution in [0.3, 0.4) is 0 Å². The average molecular weight is 366 g/mol. The molecule has 0 aliphatic heterocycles. The first-order chi connectivity index (χ1) is 13.8. The molecule has 1 unspecified atom stereocenters. The van der Waals surface area contributed by atoms with Crippen LogP contribution in [0.4, 0.5) is 0 Å². The van der Waals surface area contributed by atoms with Crippen molar-refractivity contribution in [3.05, 3.63) is 120 Å². The number of benzene rings is 3. The van der Waals surface area contributed by atoms with Crippen LogP contribution in [-0.4, -0.2) is 10.8 Å². The van der Waals surface area contributed by atoms with Crippen LogP contribution in [-0.2, 0) is 4.79 Å². The Morgan fingerprint density at radius 1 is 0.857 bits per heavy atom. The quantitative estimate of drug-likeness (QED) is 0.317. The second-order valence-corrected chi connectivity index (χ2v) is 6.51. The first kappa shape index (κ1) is 19.1. The van der Waals surface area contributed by atoms with E-state index in [1.54, 1.807) is 6.08 Å². The van der Waals surface area contributed by atoms with Gasteiger partial charge in [0, 0.05) is 0 Å². The zero-order chi connectivity index (χ0) is 19.8. The van der Waals surface area contributed by atoms with Gasteiger partial charge >= 0.3 is 0 Å². The standard InChI is InChI=1S/C25H22N2O/c1-2-12-23(20-13-6-3-7-14-20)27(19-26)25(28)24(21-15-8-4-9-16-21)22-17-10-5-11-18-22/h2-11,13-18,23-24H,1,12H2. The summed E-state index contributed by atoms with van der Waals surface area (Å²) in [5, 5.41) is 9.92. The Balaban J connectivity index is 2.05. The summed E-state index contributed by atoms with van der Waals surface area (Å²) in [5.74, 6) is -0.784. The maximum Gasteiger partial charge on any atom is 0.248 e. The second-order valence-electron chi connectivity index (χ2n) is 6.51. The van der Waals surface area contributed by atoms with E-state index in [4.69, 9.17) is 0 Å². The minimum Gasteiger partial charge on any atom is -0.273 e. The van der Waals surface area contributed by atoms with Gasteiger partial charge in [0.05, 0.1) is 12.0 Å². The van der Waals surface area contributed by atoms with Gasteiger partial charge in [-0.05, 0) is 23.1 Å². The molecule has 3 heteroatoms. The molecule has 1 amide bonds. The maximum absolute atomic E-state index is 13.6. The molecule has 3 rings (SSSR count). The zero-order valence-electron chi connectivity index (χ0n) is 15.6. The SMILES string of the molecule is C=CCC(c1ccccc1)N(C#N)C(=O)C(c1ccccc1)c1ccccc1. The molecule has 3 aromatic rings. The number of nitrogens with zero attached hydrogens (tertiary/aromatic N) is 2. The number of hydrogen-bond donors (Lipinski definition) is 0. The van der Waals surface area contributed by atoms with Gasteiger partial charge in [0.1, 0.15) is 0 Å². The Kier molecular flexibility index (Phi) is 6.38. The molecular formula is C25H22N2O. The van der Waals surface area contributed by atoms with Gasteiger partial charge < -0.3 is 0 Å². The summed E-state index contributed by atoms with van der Waals surface area (Å²) in [6.45, 7) is 3.82. The van der Waals surface area contributed by atoms with Crippen LogP contribution in [0.1, 0.15) is 35.1 Å². The largest absolute Gasteiger partial charge is 0.273 e. The van der Waals surface area contributed by atoms with Crippen LogP contribution in [0.5, 0.6) is 0 Å². The summed E-state index contributed by atoms with van der Waals surface area (Å²) in [7, 11) is 0. The third-order valence-electron chi connectivity index (χ3n) is 4.74. The first-order valence-corrected chi connectivity index (χ1v) is 9.24. The topological polar surface area (TPSA) is 44.1 Å². The van der Waals surface area contributed by atoms with E-state index in [-0.39, 0.29) is 11.9 Å². The molecule has 0 spiro atoms. The van der Waals surface area contributed by atoms with Crippen molar-refractivity contribution >= 4 is 5.91 Å². The summed E-state index contributed by atoms with van der Waals surface area (Å²) in [5.41, 5.74) is 2.64. The summed E-state index contributed by atoms with van der Waals surface area (Å²) >= 11 is 0. The van der Waals surface area contributed by atoms with Gasteiger partial charge in [-0.15, -0.1) is 6.58 Å². The lowest BCUT2D eigenvalue weighted by molar-refractivity contribution is -0.130. The molecule has 0 aliphatic rings. The molecule has 3 aromatic carbocycles. The van der Waals surface area contributed by atoms with E-state index in [0.29, 0.717) is 6.42 Å². The lowest BCUT2D eigenvalue weighted by Gasteiger charge is -2.29. The van der Waals surface area contributed by atoms with E-state index >= 15 is 0 Å².